The molecule has 2 fully saturated rings. The molecule has 0 radical (unpaired) electrons. The summed E-state index contributed by atoms with van der Waals surface area (Å²) in [6, 6.07) is 2.68. The van der Waals surface area contributed by atoms with Gasteiger partial charge in [-0.15, -0.1) is 5.10 Å². The first-order valence-corrected chi connectivity index (χ1v) is 6.38. The monoisotopic (exact) mass is 233 g/mol. The largest absolute Gasteiger partial charge is 0.352 e. The van der Waals surface area contributed by atoms with Crippen LogP contribution in [0.4, 0.5) is 5.82 Å². The van der Waals surface area contributed by atoms with Crippen molar-refractivity contribution >= 4 is 5.82 Å². The van der Waals surface area contributed by atoms with Gasteiger partial charge in [0, 0.05) is 37.8 Å². The quantitative estimate of drug-likeness (QED) is 0.792. The second kappa shape index (κ2) is 4.58. The summed E-state index contributed by atoms with van der Waals surface area (Å²) >= 11 is 0. The normalized spacial score (nSPS) is 25.0. The minimum atomic E-state index is 0.537. The third-order valence-electron chi connectivity index (χ3n) is 3.89. The summed E-state index contributed by atoms with van der Waals surface area (Å²) in [6.45, 7) is 5.07. The van der Waals surface area contributed by atoms with Gasteiger partial charge in [-0.2, -0.15) is 5.10 Å². The zero-order valence-corrected chi connectivity index (χ0v) is 10.0. The lowest BCUT2D eigenvalue weighted by atomic mass is 10.1. The SMILES string of the molecule is NCc1ccnnc1N1CCN2CCCC2C1. The first kappa shape index (κ1) is 10.9. The lowest BCUT2D eigenvalue weighted by Crippen LogP contribution is -2.50. The van der Waals surface area contributed by atoms with Crippen LogP contribution in [-0.2, 0) is 6.54 Å². The Morgan fingerprint density at radius 2 is 2.29 bits per heavy atom. The molecule has 0 aromatic carbocycles. The smallest absolute Gasteiger partial charge is 0.155 e. The van der Waals surface area contributed by atoms with E-state index in [4.69, 9.17) is 5.73 Å². The Labute approximate surface area is 102 Å². The first-order chi connectivity index (χ1) is 8.38. The highest BCUT2D eigenvalue weighted by Crippen LogP contribution is 2.25. The van der Waals surface area contributed by atoms with Gasteiger partial charge in [-0.25, -0.2) is 0 Å². The Morgan fingerprint density at radius 3 is 3.18 bits per heavy atom. The van der Waals surface area contributed by atoms with Crippen molar-refractivity contribution in [2.75, 3.05) is 31.1 Å². The molecule has 17 heavy (non-hydrogen) atoms. The molecule has 2 N–H and O–H groups in total. The minimum absolute atomic E-state index is 0.537. The van der Waals surface area contributed by atoms with Gasteiger partial charge < -0.3 is 10.6 Å². The van der Waals surface area contributed by atoms with Crippen LogP contribution in [0.2, 0.25) is 0 Å². The molecule has 0 saturated carbocycles. The van der Waals surface area contributed by atoms with Crippen molar-refractivity contribution < 1.29 is 0 Å². The summed E-state index contributed by atoms with van der Waals surface area (Å²) in [5.41, 5.74) is 6.86. The Bertz CT molecular complexity index is 394. The van der Waals surface area contributed by atoms with E-state index < -0.39 is 0 Å². The van der Waals surface area contributed by atoms with E-state index in [-0.39, 0.29) is 0 Å². The predicted octanol–water partition coefficient (Wildman–Crippen LogP) is 0.220. The van der Waals surface area contributed by atoms with Crippen LogP contribution in [0, 0.1) is 0 Å². The number of hydrogen-bond acceptors (Lipinski definition) is 5. The Hall–Kier alpha value is -1.20. The number of nitrogens with zero attached hydrogens (tertiary/aromatic N) is 4. The fraction of sp³-hybridized carbons (Fsp3) is 0.667. The van der Waals surface area contributed by atoms with Gasteiger partial charge in [-0.05, 0) is 25.5 Å². The highest BCUT2D eigenvalue weighted by atomic mass is 15.3. The van der Waals surface area contributed by atoms with Crippen molar-refractivity contribution in [1.82, 2.24) is 15.1 Å². The van der Waals surface area contributed by atoms with Crippen LogP contribution in [0.25, 0.3) is 0 Å². The molecule has 1 atom stereocenters. The summed E-state index contributed by atoms with van der Waals surface area (Å²) in [4.78, 5) is 4.94. The number of nitrogens with two attached hydrogens (primary N) is 1. The predicted molar refractivity (Wildman–Crippen MR) is 66.7 cm³/mol. The lowest BCUT2D eigenvalue weighted by Gasteiger charge is -2.38. The molecule has 1 aromatic heterocycles. The first-order valence-electron chi connectivity index (χ1n) is 6.38. The highest BCUT2D eigenvalue weighted by molar-refractivity contribution is 5.46. The maximum Gasteiger partial charge on any atom is 0.155 e. The van der Waals surface area contributed by atoms with Gasteiger partial charge in [0.1, 0.15) is 0 Å². The maximum absolute atomic E-state index is 5.76. The van der Waals surface area contributed by atoms with E-state index in [1.807, 2.05) is 6.07 Å². The van der Waals surface area contributed by atoms with Gasteiger partial charge in [0.15, 0.2) is 5.82 Å². The number of anilines is 1. The third-order valence-corrected chi connectivity index (χ3v) is 3.89. The Kier molecular flexibility index (Phi) is 2.94. The molecule has 92 valence electrons. The molecule has 5 heteroatoms. The molecule has 0 spiro atoms. The lowest BCUT2D eigenvalue weighted by molar-refractivity contribution is 0.230. The Morgan fingerprint density at radius 1 is 1.35 bits per heavy atom. The van der Waals surface area contributed by atoms with Crippen LogP contribution in [0.3, 0.4) is 0 Å². The number of fused-ring (bicyclic) bond motifs is 1. The van der Waals surface area contributed by atoms with E-state index in [0.717, 1.165) is 31.0 Å². The van der Waals surface area contributed by atoms with E-state index in [9.17, 15) is 0 Å². The van der Waals surface area contributed by atoms with Crippen molar-refractivity contribution in [3.05, 3.63) is 17.8 Å². The van der Waals surface area contributed by atoms with Gasteiger partial charge in [-0.1, -0.05) is 0 Å². The van der Waals surface area contributed by atoms with Crippen LogP contribution in [0.5, 0.6) is 0 Å². The van der Waals surface area contributed by atoms with E-state index >= 15 is 0 Å². The van der Waals surface area contributed by atoms with Crippen molar-refractivity contribution in [1.29, 1.82) is 0 Å². The fourth-order valence-electron chi connectivity index (χ4n) is 2.96. The number of aromatic nitrogens is 2. The van der Waals surface area contributed by atoms with Crippen molar-refractivity contribution in [2.24, 2.45) is 5.73 Å². The maximum atomic E-state index is 5.76. The fourth-order valence-corrected chi connectivity index (χ4v) is 2.96. The molecule has 1 unspecified atom stereocenters. The van der Waals surface area contributed by atoms with Crippen molar-refractivity contribution in [3.8, 4) is 0 Å². The van der Waals surface area contributed by atoms with E-state index in [1.54, 1.807) is 6.20 Å². The highest BCUT2D eigenvalue weighted by Gasteiger charge is 2.31. The van der Waals surface area contributed by atoms with Crippen LogP contribution in [0.15, 0.2) is 12.3 Å². The summed E-state index contributed by atoms with van der Waals surface area (Å²) in [5, 5.41) is 8.26. The van der Waals surface area contributed by atoms with Crippen LogP contribution in [0.1, 0.15) is 18.4 Å². The van der Waals surface area contributed by atoms with Crippen molar-refractivity contribution in [3.63, 3.8) is 0 Å². The average Bonchev–Trinajstić information content (AvgIpc) is 2.85. The second-order valence-electron chi connectivity index (χ2n) is 4.86. The molecule has 0 bridgehead atoms. The number of rotatable bonds is 2. The van der Waals surface area contributed by atoms with Crippen LogP contribution < -0.4 is 10.6 Å². The number of hydrogen-bond donors (Lipinski definition) is 1. The van der Waals surface area contributed by atoms with Gasteiger partial charge in [0.05, 0.1) is 6.20 Å². The summed E-state index contributed by atoms with van der Waals surface area (Å²) in [7, 11) is 0. The molecule has 3 heterocycles. The minimum Gasteiger partial charge on any atom is -0.352 e. The molecule has 0 aliphatic carbocycles. The Balaban J connectivity index is 1.80. The molecular weight excluding hydrogens is 214 g/mol. The second-order valence-corrected chi connectivity index (χ2v) is 4.86. The molecular formula is C12H19N5. The third kappa shape index (κ3) is 2.00. The summed E-state index contributed by atoms with van der Waals surface area (Å²) in [5.74, 6) is 0.988. The molecule has 2 saturated heterocycles. The number of piperazine rings is 1. The standard InChI is InChI=1S/C12H19N5/c13-8-10-3-4-14-15-12(10)17-7-6-16-5-1-2-11(16)9-17/h3-4,11H,1-2,5-9,13H2. The van der Waals surface area contributed by atoms with Gasteiger partial charge in [0.25, 0.3) is 0 Å². The molecule has 2 aliphatic rings. The van der Waals surface area contributed by atoms with Crippen LogP contribution >= 0.6 is 0 Å². The van der Waals surface area contributed by atoms with Gasteiger partial charge >= 0.3 is 0 Å². The zero-order chi connectivity index (χ0) is 11.7. The topological polar surface area (TPSA) is 58.3 Å². The van der Waals surface area contributed by atoms with Gasteiger partial charge in [0.2, 0.25) is 0 Å². The van der Waals surface area contributed by atoms with Gasteiger partial charge in [-0.3, -0.25) is 4.90 Å². The summed E-state index contributed by atoms with van der Waals surface area (Å²) < 4.78 is 0. The summed E-state index contributed by atoms with van der Waals surface area (Å²) in [6.07, 6.45) is 4.37. The van der Waals surface area contributed by atoms with Crippen LogP contribution in [-0.4, -0.2) is 47.3 Å². The van der Waals surface area contributed by atoms with Crippen molar-refractivity contribution in [2.45, 2.75) is 25.4 Å². The molecule has 1 aromatic rings. The van der Waals surface area contributed by atoms with E-state index in [2.05, 4.69) is 20.0 Å². The zero-order valence-electron chi connectivity index (χ0n) is 10.0. The van der Waals surface area contributed by atoms with E-state index in [1.165, 1.54) is 19.4 Å². The van der Waals surface area contributed by atoms with E-state index in [0.29, 0.717) is 12.6 Å². The molecule has 5 nitrogen and oxygen atoms in total. The molecule has 3 rings (SSSR count). The average molecular weight is 233 g/mol. The molecule has 2 aliphatic heterocycles. The molecule has 0 amide bonds.